The van der Waals surface area contributed by atoms with Crippen molar-refractivity contribution in [1.29, 1.82) is 0 Å². The molecule has 3 aromatic rings. The molecule has 0 bridgehead atoms. The van der Waals surface area contributed by atoms with Gasteiger partial charge >= 0.3 is 0 Å². The van der Waals surface area contributed by atoms with Gasteiger partial charge in [0, 0.05) is 4.47 Å². The van der Waals surface area contributed by atoms with Crippen LogP contribution in [0.1, 0.15) is 45.1 Å². The first-order chi connectivity index (χ1) is 11.2. The van der Waals surface area contributed by atoms with E-state index in [1.807, 2.05) is 0 Å². The molecule has 0 aliphatic rings. The molecule has 1 unspecified atom stereocenters. The second kappa shape index (κ2) is 7.49. The highest BCUT2D eigenvalue weighted by molar-refractivity contribution is 9.10. The molecule has 0 saturated carbocycles. The molecule has 23 heavy (non-hydrogen) atoms. The van der Waals surface area contributed by atoms with E-state index < -0.39 is 0 Å². The molecular formula is C22H25Br. The van der Waals surface area contributed by atoms with Crippen molar-refractivity contribution in [3.05, 3.63) is 58.6 Å². The molecule has 0 saturated heterocycles. The number of benzene rings is 3. The summed E-state index contributed by atoms with van der Waals surface area (Å²) in [5.41, 5.74) is 1.45. The number of hydrogen-bond acceptors (Lipinski definition) is 0. The maximum absolute atomic E-state index is 3.89. The maximum atomic E-state index is 3.89. The first-order valence-electron chi connectivity index (χ1n) is 8.82. The van der Waals surface area contributed by atoms with Crippen molar-refractivity contribution in [3.63, 3.8) is 0 Å². The number of halogens is 1. The minimum Gasteiger partial charge on any atom is -0.0654 e. The van der Waals surface area contributed by atoms with Crippen molar-refractivity contribution in [3.8, 4) is 0 Å². The van der Waals surface area contributed by atoms with E-state index in [1.54, 1.807) is 0 Å². The number of rotatable bonds is 6. The monoisotopic (exact) mass is 368 g/mol. The zero-order valence-electron chi connectivity index (χ0n) is 14.1. The van der Waals surface area contributed by atoms with Gasteiger partial charge in [0.25, 0.3) is 0 Å². The lowest BCUT2D eigenvalue weighted by molar-refractivity contribution is 0.449. The van der Waals surface area contributed by atoms with Gasteiger partial charge in [0.1, 0.15) is 0 Å². The quantitative estimate of drug-likeness (QED) is 0.394. The van der Waals surface area contributed by atoms with E-state index in [-0.39, 0.29) is 0 Å². The van der Waals surface area contributed by atoms with Gasteiger partial charge in [-0.2, -0.15) is 0 Å². The summed E-state index contributed by atoms with van der Waals surface area (Å²) < 4.78 is 1.29. The molecule has 120 valence electrons. The van der Waals surface area contributed by atoms with Crippen LogP contribution in [0.25, 0.3) is 21.5 Å². The topological polar surface area (TPSA) is 0 Å². The first-order valence-corrected chi connectivity index (χ1v) is 9.62. The summed E-state index contributed by atoms with van der Waals surface area (Å²) >= 11 is 3.89. The lowest BCUT2D eigenvalue weighted by atomic mass is 9.91. The molecule has 0 heterocycles. The van der Waals surface area contributed by atoms with Gasteiger partial charge in [0.05, 0.1) is 0 Å². The molecule has 0 amide bonds. The van der Waals surface area contributed by atoms with E-state index in [1.165, 1.54) is 63.7 Å². The van der Waals surface area contributed by atoms with Crippen molar-refractivity contribution in [2.75, 3.05) is 0 Å². The van der Waals surface area contributed by atoms with Crippen LogP contribution in [0.5, 0.6) is 0 Å². The van der Waals surface area contributed by atoms with Gasteiger partial charge in [-0.15, -0.1) is 0 Å². The normalized spacial score (nSPS) is 12.8. The predicted octanol–water partition coefficient (Wildman–Crippen LogP) is 7.51. The summed E-state index contributed by atoms with van der Waals surface area (Å²) in [6.07, 6.45) is 6.42. The van der Waals surface area contributed by atoms with Crippen LogP contribution in [-0.4, -0.2) is 0 Å². The Balaban J connectivity index is 1.98. The zero-order valence-corrected chi connectivity index (χ0v) is 15.7. The molecule has 0 radical (unpaired) electrons. The molecule has 0 fully saturated rings. The third-order valence-electron chi connectivity index (χ3n) is 4.95. The Kier molecular flexibility index (Phi) is 5.38. The predicted molar refractivity (Wildman–Crippen MR) is 106 cm³/mol. The molecule has 0 N–H and O–H groups in total. The SMILES string of the molecule is CCCCC(CC)Cc1ccc2cc3ccccc3cc2c1Br. The van der Waals surface area contributed by atoms with E-state index in [9.17, 15) is 0 Å². The minimum atomic E-state index is 0.796. The fourth-order valence-electron chi connectivity index (χ4n) is 3.43. The molecular weight excluding hydrogens is 344 g/mol. The molecule has 3 aromatic carbocycles. The van der Waals surface area contributed by atoms with E-state index in [4.69, 9.17) is 0 Å². The summed E-state index contributed by atoms with van der Waals surface area (Å²) in [6, 6.07) is 17.8. The Morgan fingerprint density at radius 3 is 2.35 bits per heavy atom. The lowest BCUT2D eigenvalue weighted by Gasteiger charge is -2.17. The van der Waals surface area contributed by atoms with Crippen molar-refractivity contribution >= 4 is 37.5 Å². The maximum Gasteiger partial charge on any atom is 0.0286 e. The Morgan fingerprint density at radius 1 is 0.913 bits per heavy atom. The number of fused-ring (bicyclic) bond motifs is 2. The van der Waals surface area contributed by atoms with Crippen LogP contribution >= 0.6 is 15.9 Å². The molecule has 0 nitrogen and oxygen atoms in total. The van der Waals surface area contributed by atoms with Gasteiger partial charge in [-0.3, -0.25) is 0 Å². The van der Waals surface area contributed by atoms with Crippen molar-refractivity contribution in [1.82, 2.24) is 0 Å². The van der Waals surface area contributed by atoms with Crippen molar-refractivity contribution in [2.24, 2.45) is 5.92 Å². The number of hydrogen-bond donors (Lipinski definition) is 0. The second-order valence-electron chi connectivity index (χ2n) is 6.58. The van der Waals surface area contributed by atoms with Crippen LogP contribution < -0.4 is 0 Å². The highest BCUT2D eigenvalue weighted by atomic mass is 79.9. The zero-order chi connectivity index (χ0) is 16.2. The molecule has 3 rings (SSSR count). The van der Waals surface area contributed by atoms with Crippen LogP contribution in [0.4, 0.5) is 0 Å². The fraction of sp³-hybridized carbons (Fsp3) is 0.364. The van der Waals surface area contributed by atoms with Gasteiger partial charge in [-0.1, -0.05) is 75.9 Å². The Labute approximate surface area is 148 Å². The third-order valence-corrected chi connectivity index (χ3v) is 5.89. The van der Waals surface area contributed by atoms with E-state index in [0.29, 0.717) is 0 Å². The van der Waals surface area contributed by atoms with E-state index in [2.05, 4.69) is 78.3 Å². The largest absolute Gasteiger partial charge is 0.0654 e. The lowest BCUT2D eigenvalue weighted by Crippen LogP contribution is -2.04. The molecule has 0 aliphatic heterocycles. The van der Waals surface area contributed by atoms with Crippen LogP contribution in [0.3, 0.4) is 0 Å². The standard InChI is InChI=1S/C22H25Br/c1-3-5-8-16(4-2)13-20-12-11-19-14-17-9-6-7-10-18(17)15-21(19)22(20)23/h6-7,9-12,14-16H,3-5,8,13H2,1-2H3. The Morgan fingerprint density at radius 2 is 1.65 bits per heavy atom. The van der Waals surface area contributed by atoms with Gasteiger partial charge < -0.3 is 0 Å². The van der Waals surface area contributed by atoms with E-state index in [0.717, 1.165) is 5.92 Å². The Hall–Kier alpha value is -1.34. The van der Waals surface area contributed by atoms with E-state index >= 15 is 0 Å². The Bertz CT molecular complexity index is 804. The van der Waals surface area contributed by atoms with Crippen LogP contribution in [0.2, 0.25) is 0 Å². The molecule has 0 aromatic heterocycles. The van der Waals surface area contributed by atoms with Crippen molar-refractivity contribution < 1.29 is 0 Å². The fourth-order valence-corrected chi connectivity index (χ4v) is 4.07. The van der Waals surface area contributed by atoms with Gasteiger partial charge in [-0.25, -0.2) is 0 Å². The molecule has 0 aliphatic carbocycles. The summed E-state index contributed by atoms with van der Waals surface area (Å²) in [7, 11) is 0. The van der Waals surface area contributed by atoms with Gasteiger partial charge in [-0.05, 0) is 67.5 Å². The highest BCUT2D eigenvalue weighted by Gasteiger charge is 2.12. The molecule has 1 atom stereocenters. The highest BCUT2D eigenvalue weighted by Crippen LogP contribution is 2.33. The summed E-state index contributed by atoms with van der Waals surface area (Å²) in [5, 5.41) is 5.29. The summed E-state index contributed by atoms with van der Waals surface area (Å²) in [6.45, 7) is 4.60. The third kappa shape index (κ3) is 3.61. The molecule has 0 spiro atoms. The summed E-state index contributed by atoms with van der Waals surface area (Å²) in [5.74, 6) is 0.796. The smallest absolute Gasteiger partial charge is 0.0286 e. The van der Waals surface area contributed by atoms with Crippen molar-refractivity contribution in [2.45, 2.75) is 46.0 Å². The first kappa shape index (κ1) is 16.5. The molecule has 1 heteroatoms. The second-order valence-corrected chi connectivity index (χ2v) is 7.37. The number of unbranched alkanes of at least 4 members (excludes halogenated alkanes) is 1. The van der Waals surface area contributed by atoms with Crippen LogP contribution in [-0.2, 0) is 6.42 Å². The average Bonchev–Trinajstić information content (AvgIpc) is 2.59. The van der Waals surface area contributed by atoms with Gasteiger partial charge in [0.15, 0.2) is 0 Å². The summed E-state index contributed by atoms with van der Waals surface area (Å²) in [4.78, 5) is 0. The van der Waals surface area contributed by atoms with Crippen LogP contribution in [0.15, 0.2) is 53.0 Å². The average molecular weight is 369 g/mol. The van der Waals surface area contributed by atoms with Crippen LogP contribution in [0, 0.1) is 5.92 Å². The van der Waals surface area contributed by atoms with Gasteiger partial charge in [0.2, 0.25) is 0 Å². The minimum absolute atomic E-state index is 0.796.